The zero-order valence-corrected chi connectivity index (χ0v) is 7.25. The number of carbonyl (C=O) groups excluding carboxylic acids is 1. The Morgan fingerprint density at radius 3 is 3.08 bits per heavy atom. The van der Waals surface area contributed by atoms with Gasteiger partial charge >= 0.3 is 0 Å². The number of hydrogen-bond acceptors (Lipinski definition) is 5. The molecule has 0 spiro atoms. The monoisotopic (exact) mass is 195 g/mol. The van der Waals surface area contributed by atoms with E-state index in [2.05, 4.69) is 20.0 Å². The zero-order valence-electron chi connectivity index (χ0n) is 6.43. The van der Waals surface area contributed by atoms with Crippen LogP contribution in [0, 0.1) is 0 Å². The fourth-order valence-electron chi connectivity index (χ4n) is 0.777. The van der Waals surface area contributed by atoms with Crippen LogP contribution in [-0.4, -0.2) is 16.0 Å². The van der Waals surface area contributed by atoms with Crippen LogP contribution in [0.25, 0.3) is 0 Å². The van der Waals surface area contributed by atoms with Gasteiger partial charge in [-0.15, -0.1) is 11.3 Å². The third kappa shape index (κ3) is 1.73. The molecule has 1 amide bonds. The molecule has 0 unspecified atom stereocenters. The fourth-order valence-corrected chi connectivity index (χ4v) is 1.30. The molecule has 13 heavy (non-hydrogen) atoms. The van der Waals surface area contributed by atoms with Gasteiger partial charge in [0.25, 0.3) is 5.91 Å². The van der Waals surface area contributed by atoms with Crippen molar-refractivity contribution < 1.29 is 9.32 Å². The second kappa shape index (κ2) is 3.36. The third-order valence-electron chi connectivity index (χ3n) is 1.31. The smallest absolute Gasteiger partial charge is 0.296 e. The number of rotatable bonds is 2. The molecular formula is C7H5N3O2S. The number of amides is 1. The molecule has 2 aromatic heterocycles. The lowest BCUT2D eigenvalue weighted by atomic mass is 10.4. The molecule has 0 aliphatic rings. The first-order chi connectivity index (χ1) is 6.36. The molecule has 2 heterocycles. The van der Waals surface area contributed by atoms with Gasteiger partial charge < -0.3 is 4.52 Å². The van der Waals surface area contributed by atoms with Crippen molar-refractivity contribution in [2.24, 2.45) is 0 Å². The van der Waals surface area contributed by atoms with Crippen LogP contribution in [-0.2, 0) is 0 Å². The molecule has 0 saturated heterocycles. The molecule has 0 saturated carbocycles. The van der Waals surface area contributed by atoms with E-state index < -0.39 is 0 Å². The van der Waals surface area contributed by atoms with E-state index in [1.807, 2.05) is 0 Å². The van der Waals surface area contributed by atoms with Crippen LogP contribution >= 0.6 is 11.3 Å². The Balaban J connectivity index is 2.08. The molecule has 2 rings (SSSR count). The summed E-state index contributed by atoms with van der Waals surface area (Å²) in [5.41, 5.74) is 0. The second-order valence-electron chi connectivity index (χ2n) is 2.17. The van der Waals surface area contributed by atoms with Crippen molar-refractivity contribution in [1.29, 1.82) is 0 Å². The van der Waals surface area contributed by atoms with Gasteiger partial charge in [0.15, 0.2) is 5.13 Å². The highest BCUT2D eigenvalue weighted by Gasteiger charge is 2.10. The van der Waals surface area contributed by atoms with E-state index >= 15 is 0 Å². The van der Waals surface area contributed by atoms with Gasteiger partial charge in [-0.2, -0.15) is 0 Å². The first-order valence-electron chi connectivity index (χ1n) is 3.48. The average Bonchev–Trinajstić information content (AvgIpc) is 2.74. The van der Waals surface area contributed by atoms with E-state index in [0.717, 1.165) is 0 Å². The number of hydrogen-bond donors (Lipinski definition) is 1. The lowest BCUT2D eigenvalue weighted by Crippen LogP contribution is -2.10. The predicted octanol–water partition coefficient (Wildman–Crippen LogP) is 1.38. The van der Waals surface area contributed by atoms with Gasteiger partial charge in [0.05, 0.1) is 6.20 Å². The molecule has 66 valence electrons. The predicted molar refractivity (Wildman–Crippen MR) is 46.6 cm³/mol. The van der Waals surface area contributed by atoms with Crippen molar-refractivity contribution in [3.63, 3.8) is 0 Å². The normalized spacial score (nSPS) is 9.85. The highest BCUT2D eigenvalue weighted by Crippen LogP contribution is 2.11. The number of carbonyl (C=O) groups is 1. The van der Waals surface area contributed by atoms with Gasteiger partial charge in [-0.3, -0.25) is 10.1 Å². The van der Waals surface area contributed by atoms with Gasteiger partial charge in [0, 0.05) is 17.6 Å². The van der Waals surface area contributed by atoms with E-state index in [1.54, 1.807) is 11.6 Å². The summed E-state index contributed by atoms with van der Waals surface area (Å²) in [5.74, 6) is -0.164. The highest BCUT2D eigenvalue weighted by atomic mass is 32.1. The van der Waals surface area contributed by atoms with Gasteiger partial charge in [0.2, 0.25) is 5.76 Å². The van der Waals surface area contributed by atoms with Crippen LogP contribution in [0.2, 0.25) is 0 Å². The minimum Gasteiger partial charge on any atom is -0.351 e. The lowest BCUT2D eigenvalue weighted by Gasteiger charge is -1.94. The topological polar surface area (TPSA) is 68.0 Å². The summed E-state index contributed by atoms with van der Waals surface area (Å²) < 4.78 is 4.66. The van der Waals surface area contributed by atoms with E-state index in [0.29, 0.717) is 5.13 Å². The standard InChI is InChI=1S/C7H5N3O2S/c11-6(5-1-2-9-12-5)10-7-8-3-4-13-7/h1-4H,(H,8,10,11). The summed E-state index contributed by atoms with van der Waals surface area (Å²) in [6.07, 6.45) is 3.03. The van der Waals surface area contributed by atoms with Crippen molar-refractivity contribution in [2.75, 3.05) is 5.32 Å². The summed E-state index contributed by atoms with van der Waals surface area (Å²) in [6, 6.07) is 1.49. The lowest BCUT2D eigenvalue weighted by molar-refractivity contribution is 0.0988. The Labute approximate surface area is 77.4 Å². The number of nitrogens with zero attached hydrogens (tertiary/aromatic N) is 2. The SMILES string of the molecule is O=C(Nc1nccs1)c1ccno1. The maximum Gasteiger partial charge on any atom is 0.296 e. The third-order valence-corrected chi connectivity index (χ3v) is 2.00. The summed E-state index contributed by atoms with van der Waals surface area (Å²) in [4.78, 5) is 15.2. The van der Waals surface area contributed by atoms with Crippen LogP contribution in [0.15, 0.2) is 28.4 Å². The quantitative estimate of drug-likeness (QED) is 0.786. The summed E-state index contributed by atoms with van der Waals surface area (Å²) in [6.45, 7) is 0. The fraction of sp³-hybridized carbons (Fsp3) is 0. The summed E-state index contributed by atoms with van der Waals surface area (Å²) >= 11 is 1.34. The van der Waals surface area contributed by atoms with Crippen LogP contribution in [0.1, 0.15) is 10.6 Å². The Morgan fingerprint density at radius 2 is 2.46 bits per heavy atom. The zero-order chi connectivity index (χ0) is 9.10. The maximum absolute atomic E-state index is 11.3. The summed E-state index contributed by atoms with van der Waals surface area (Å²) in [5, 5.41) is 8.30. The van der Waals surface area contributed by atoms with Crippen molar-refractivity contribution in [1.82, 2.24) is 10.1 Å². The van der Waals surface area contributed by atoms with Crippen LogP contribution < -0.4 is 5.32 Å². The number of nitrogens with one attached hydrogen (secondary N) is 1. The molecule has 1 N–H and O–H groups in total. The van der Waals surface area contributed by atoms with E-state index in [-0.39, 0.29) is 11.7 Å². The molecular weight excluding hydrogens is 190 g/mol. The average molecular weight is 195 g/mol. The summed E-state index contributed by atoms with van der Waals surface area (Å²) in [7, 11) is 0. The minimum absolute atomic E-state index is 0.176. The number of anilines is 1. The van der Waals surface area contributed by atoms with Crippen molar-refractivity contribution >= 4 is 22.4 Å². The molecule has 6 heteroatoms. The molecule has 0 aliphatic carbocycles. The van der Waals surface area contributed by atoms with E-state index in [9.17, 15) is 4.79 Å². The van der Waals surface area contributed by atoms with Gasteiger partial charge in [0.1, 0.15) is 0 Å². The molecule has 2 aromatic rings. The van der Waals surface area contributed by atoms with E-state index in [4.69, 9.17) is 0 Å². The molecule has 5 nitrogen and oxygen atoms in total. The highest BCUT2D eigenvalue weighted by molar-refractivity contribution is 7.13. The first kappa shape index (κ1) is 7.93. The Kier molecular flexibility index (Phi) is 2.05. The first-order valence-corrected chi connectivity index (χ1v) is 4.36. The second-order valence-corrected chi connectivity index (χ2v) is 3.06. The van der Waals surface area contributed by atoms with Crippen LogP contribution in [0.5, 0.6) is 0 Å². The van der Waals surface area contributed by atoms with Crippen molar-refractivity contribution in [3.8, 4) is 0 Å². The minimum atomic E-state index is -0.340. The number of thiazole rings is 1. The van der Waals surface area contributed by atoms with E-state index in [1.165, 1.54) is 23.6 Å². The number of aromatic nitrogens is 2. The van der Waals surface area contributed by atoms with Crippen molar-refractivity contribution in [3.05, 3.63) is 29.6 Å². The Hall–Kier alpha value is -1.69. The van der Waals surface area contributed by atoms with Gasteiger partial charge in [-0.25, -0.2) is 4.98 Å². The maximum atomic E-state index is 11.3. The van der Waals surface area contributed by atoms with Crippen molar-refractivity contribution in [2.45, 2.75) is 0 Å². The molecule has 0 aliphatic heterocycles. The van der Waals surface area contributed by atoms with Crippen LogP contribution in [0.3, 0.4) is 0 Å². The van der Waals surface area contributed by atoms with Gasteiger partial charge in [-0.05, 0) is 0 Å². The molecule has 0 fully saturated rings. The molecule has 0 atom stereocenters. The molecule has 0 bridgehead atoms. The molecule has 0 radical (unpaired) electrons. The van der Waals surface area contributed by atoms with Crippen LogP contribution in [0.4, 0.5) is 5.13 Å². The Bertz CT molecular complexity index is 382. The van der Waals surface area contributed by atoms with Gasteiger partial charge in [-0.1, -0.05) is 5.16 Å². The largest absolute Gasteiger partial charge is 0.351 e. The molecule has 0 aromatic carbocycles. The Morgan fingerprint density at radius 1 is 1.54 bits per heavy atom.